The van der Waals surface area contributed by atoms with Crippen molar-refractivity contribution in [3.8, 4) is 5.75 Å². The Morgan fingerprint density at radius 1 is 1.35 bits per heavy atom. The fourth-order valence-electron chi connectivity index (χ4n) is 1.49. The van der Waals surface area contributed by atoms with Gasteiger partial charge >= 0.3 is 0 Å². The van der Waals surface area contributed by atoms with Gasteiger partial charge in [-0.25, -0.2) is 13.4 Å². The van der Waals surface area contributed by atoms with Crippen LogP contribution in [0.4, 0.5) is 0 Å². The summed E-state index contributed by atoms with van der Waals surface area (Å²) in [6.45, 7) is 4.21. The van der Waals surface area contributed by atoms with Crippen LogP contribution >= 0.6 is 33.6 Å². The van der Waals surface area contributed by atoms with Crippen LogP contribution in [0, 0.1) is 13.8 Å². The van der Waals surface area contributed by atoms with Gasteiger partial charge in [0.25, 0.3) is 9.05 Å². The van der Waals surface area contributed by atoms with Gasteiger partial charge in [-0.15, -0.1) is 11.3 Å². The number of nitrogens with zero attached hydrogens (tertiary/aromatic N) is 1. The molecule has 0 atom stereocenters. The normalized spacial score (nSPS) is 11.6. The minimum absolute atomic E-state index is 0.0579. The van der Waals surface area contributed by atoms with Crippen molar-refractivity contribution in [2.45, 2.75) is 25.3 Å². The second-order valence-electron chi connectivity index (χ2n) is 4.07. The summed E-state index contributed by atoms with van der Waals surface area (Å²) < 4.78 is 27.9. The molecule has 2 rings (SSSR count). The lowest BCUT2D eigenvalue weighted by Crippen LogP contribution is -1.97. The molecule has 0 spiro atoms. The number of thiazole rings is 1. The van der Waals surface area contributed by atoms with Crippen LogP contribution in [0.15, 0.2) is 23.1 Å². The Morgan fingerprint density at radius 2 is 2.05 bits per heavy atom. The van der Waals surface area contributed by atoms with Crippen LogP contribution < -0.4 is 4.74 Å². The second-order valence-corrected chi connectivity index (χ2v) is 8.33. The van der Waals surface area contributed by atoms with E-state index in [4.69, 9.17) is 27.0 Å². The SMILES string of the molecule is Cc1nc(COc2ccc(S(=O)(=O)Cl)cc2Cl)sc1C. The lowest BCUT2D eigenvalue weighted by atomic mass is 10.3. The molecule has 1 aromatic heterocycles. The van der Waals surface area contributed by atoms with Crippen molar-refractivity contribution in [1.82, 2.24) is 4.98 Å². The van der Waals surface area contributed by atoms with Gasteiger partial charge in [0.15, 0.2) is 0 Å². The van der Waals surface area contributed by atoms with Crippen LogP contribution in [0.3, 0.4) is 0 Å². The Bertz CT molecular complexity index is 722. The van der Waals surface area contributed by atoms with Crippen LogP contribution in [-0.4, -0.2) is 13.4 Å². The average molecular weight is 352 g/mol. The van der Waals surface area contributed by atoms with E-state index in [1.807, 2.05) is 13.8 Å². The van der Waals surface area contributed by atoms with Crippen LogP contribution in [-0.2, 0) is 15.7 Å². The lowest BCUT2D eigenvalue weighted by Gasteiger charge is -2.07. The van der Waals surface area contributed by atoms with Crippen molar-refractivity contribution in [1.29, 1.82) is 0 Å². The molecule has 0 bridgehead atoms. The maximum atomic E-state index is 11.2. The molecule has 1 aromatic carbocycles. The average Bonchev–Trinajstić information content (AvgIpc) is 2.66. The Kier molecular flexibility index (Phi) is 4.59. The van der Waals surface area contributed by atoms with Crippen LogP contribution in [0.25, 0.3) is 0 Å². The van der Waals surface area contributed by atoms with Gasteiger partial charge in [0, 0.05) is 15.6 Å². The largest absolute Gasteiger partial charge is 0.485 e. The van der Waals surface area contributed by atoms with Crippen molar-refractivity contribution in [3.63, 3.8) is 0 Å². The second kappa shape index (κ2) is 5.89. The molecule has 0 aliphatic carbocycles. The number of aryl methyl sites for hydroxylation is 2. The summed E-state index contributed by atoms with van der Waals surface area (Å²) in [6.07, 6.45) is 0. The molecular formula is C12H11Cl2NO3S2. The van der Waals surface area contributed by atoms with E-state index in [1.165, 1.54) is 18.2 Å². The van der Waals surface area contributed by atoms with Crippen molar-refractivity contribution in [2.75, 3.05) is 0 Å². The van der Waals surface area contributed by atoms with E-state index in [0.717, 1.165) is 15.6 Å². The predicted molar refractivity (Wildman–Crippen MR) is 80.4 cm³/mol. The Labute approximate surface area is 130 Å². The number of hydrogen-bond donors (Lipinski definition) is 0. The van der Waals surface area contributed by atoms with Crippen molar-refractivity contribution in [2.24, 2.45) is 0 Å². The van der Waals surface area contributed by atoms with Gasteiger partial charge in [0.1, 0.15) is 17.4 Å². The van der Waals surface area contributed by atoms with Crippen molar-refractivity contribution >= 4 is 42.7 Å². The predicted octanol–water partition coefficient (Wildman–Crippen LogP) is 3.92. The fraction of sp³-hybridized carbons (Fsp3) is 0.250. The zero-order valence-electron chi connectivity index (χ0n) is 10.7. The lowest BCUT2D eigenvalue weighted by molar-refractivity contribution is 0.305. The Balaban J connectivity index is 2.14. The summed E-state index contributed by atoms with van der Waals surface area (Å²) in [6, 6.07) is 4.09. The highest BCUT2D eigenvalue weighted by Crippen LogP contribution is 2.29. The Morgan fingerprint density at radius 3 is 2.55 bits per heavy atom. The quantitative estimate of drug-likeness (QED) is 0.783. The van der Waals surface area contributed by atoms with E-state index < -0.39 is 9.05 Å². The third kappa shape index (κ3) is 3.63. The standard InChI is InChI=1S/C12H11Cl2NO3S2/c1-7-8(2)19-12(15-7)6-18-11-4-3-9(5-10(11)13)20(14,16)17/h3-5H,6H2,1-2H3. The first-order valence-corrected chi connectivity index (χ1v) is 9.07. The summed E-state index contributed by atoms with van der Waals surface area (Å²) >= 11 is 7.52. The fourth-order valence-corrected chi connectivity index (χ4v) is 3.41. The molecular weight excluding hydrogens is 341 g/mol. The van der Waals surface area contributed by atoms with Gasteiger partial charge in [-0.2, -0.15) is 0 Å². The smallest absolute Gasteiger partial charge is 0.261 e. The van der Waals surface area contributed by atoms with E-state index in [0.29, 0.717) is 5.75 Å². The molecule has 0 saturated heterocycles. The molecule has 0 N–H and O–H groups in total. The minimum atomic E-state index is -3.79. The summed E-state index contributed by atoms with van der Waals surface area (Å²) in [7, 11) is 1.45. The maximum Gasteiger partial charge on any atom is 0.261 e. The van der Waals surface area contributed by atoms with Gasteiger partial charge in [0.05, 0.1) is 15.6 Å². The molecule has 2 aromatic rings. The maximum absolute atomic E-state index is 11.2. The van der Waals surface area contributed by atoms with Crippen LogP contribution in [0.1, 0.15) is 15.6 Å². The first kappa shape index (κ1) is 15.6. The molecule has 0 amide bonds. The van der Waals surface area contributed by atoms with Gasteiger partial charge < -0.3 is 4.74 Å². The number of aromatic nitrogens is 1. The highest BCUT2D eigenvalue weighted by Gasteiger charge is 2.13. The first-order valence-electron chi connectivity index (χ1n) is 5.57. The molecule has 1 heterocycles. The zero-order chi connectivity index (χ0) is 14.9. The monoisotopic (exact) mass is 351 g/mol. The molecule has 8 heteroatoms. The van der Waals surface area contributed by atoms with E-state index in [1.54, 1.807) is 11.3 Å². The summed E-state index contributed by atoms with van der Waals surface area (Å²) in [4.78, 5) is 5.42. The first-order chi connectivity index (χ1) is 9.27. The number of halogens is 2. The van der Waals surface area contributed by atoms with Crippen molar-refractivity contribution in [3.05, 3.63) is 38.8 Å². The van der Waals surface area contributed by atoms with Crippen LogP contribution in [0.5, 0.6) is 5.75 Å². The van der Waals surface area contributed by atoms with E-state index in [9.17, 15) is 8.42 Å². The number of benzene rings is 1. The van der Waals surface area contributed by atoms with Gasteiger partial charge in [-0.05, 0) is 32.0 Å². The number of ether oxygens (including phenoxy) is 1. The highest BCUT2D eigenvalue weighted by molar-refractivity contribution is 8.13. The van der Waals surface area contributed by atoms with Gasteiger partial charge in [-0.3, -0.25) is 0 Å². The molecule has 20 heavy (non-hydrogen) atoms. The van der Waals surface area contributed by atoms with E-state index >= 15 is 0 Å². The molecule has 0 radical (unpaired) electrons. The summed E-state index contributed by atoms with van der Waals surface area (Å²) in [5.74, 6) is 0.390. The molecule has 4 nitrogen and oxygen atoms in total. The summed E-state index contributed by atoms with van der Waals surface area (Å²) in [5.41, 5.74) is 0.975. The molecule has 108 valence electrons. The van der Waals surface area contributed by atoms with E-state index in [-0.39, 0.29) is 16.5 Å². The number of hydrogen-bond acceptors (Lipinski definition) is 5. The zero-order valence-corrected chi connectivity index (χ0v) is 13.8. The number of rotatable bonds is 4. The van der Waals surface area contributed by atoms with Crippen molar-refractivity contribution < 1.29 is 13.2 Å². The highest BCUT2D eigenvalue weighted by atomic mass is 35.7. The molecule has 0 aliphatic rings. The minimum Gasteiger partial charge on any atom is -0.485 e. The molecule has 0 unspecified atom stereocenters. The third-order valence-electron chi connectivity index (χ3n) is 2.61. The molecule has 0 saturated carbocycles. The summed E-state index contributed by atoms with van der Waals surface area (Å²) in [5, 5.41) is 1.03. The topological polar surface area (TPSA) is 56.3 Å². The third-order valence-corrected chi connectivity index (χ3v) is 5.30. The Hall–Kier alpha value is -0.820. The molecule has 0 aliphatic heterocycles. The van der Waals surface area contributed by atoms with Gasteiger partial charge in [-0.1, -0.05) is 11.6 Å². The van der Waals surface area contributed by atoms with Gasteiger partial charge in [0.2, 0.25) is 0 Å². The molecule has 0 fully saturated rings. The van der Waals surface area contributed by atoms with Crippen LogP contribution in [0.2, 0.25) is 5.02 Å². The van der Waals surface area contributed by atoms with E-state index in [2.05, 4.69) is 4.98 Å².